The van der Waals surface area contributed by atoms with Crippen molar-refractivity contribution in [2.24, 2.45) is 0 Å². The molecule has 0 spiro atoms. The lowest BCUT2D eigenvalue weighted by Crippen LogP contribution is -2.37. The average molecular weight is 434 g/mol. The molecule has 31 heavy (non-hydrogen) atoms. The highest BCUT2D eigenvalue weighted by atomic mass is 32.1. The lowest BCUT2D eigenvalue weighted by Gasteiger charge is -2.33. The minimum Gasteiger partial charge on any atom is -0.316 e. The van der Waals surface area contributed by atoms with Crippen LogP contribution >= 0.6 is 11.3 Å². The van der Waals surface area contributed by atoms with Crippen molar-refractivity contribution in [1.29, 1.82) is 5.26 Å². The summed E-state index contributed by atoms with van der Waals surface area (Å²) < 4.78 is 13.6. The number of carbonyl (C=O) groups excluding carboxylic acids is 1. The van der Waals surface area contributed by atoms with Gasteiger partial charge in [-0.1, -0.05) is 42.0 Å². The van der Waals surface area contributed by atoms with Gasteiger partial charge in [-0.05, 0) is 43.5 Å². The lowest BCUT2D eigenvalue weighted by atomic mass is 9.99. The molecule has 1 aromatic heterocycles. The zero-order chi connectivity index (χ0) is 22.0. The third-order valence-corrected chi connectivity index (χ3v) is 6.85. The molecule has 0 radical (unpaired) electrons. The van der Waals surface area contributed by atoms with Gasteiger partial charge in [-0.25, -0.2) is 4.39 Å². The number of anilines is 1. The van der Waals surface area contributed by atoms with Crippen molar-refractivity contribution in [3.8, 4) is 6.07 Å². The van der Waals surface area contributed by atoms with Crippen LogP contribution in [0, 0.1) is 24.1 Å². The van der Waals surface area contributed by atoms with Crippen LogP contribution in [0.5, 0.6) is 0 Å². The molecule has 1 amide bonds. The van der Waals surface area contributed by atoms with Crippen LogP contribution in [-0.2, 0) is 30.7 Å². The maximum atomic E-state index is 13.6. The number of hydrogen-bond acceptors (Lipinski definition) is 4. The van der Waals surface area contributed by atoms with Crippen molar-refractivity contribution in [1.82, 2.24) is 4.90 Å². The van der Waals surface area contributed by atoms with Crippen LogP contribution in [0.3, 0.4) is 0 Å². The fourth-order valence-electron chi connectivity index (χ4n) is 3.95. The van der Waals surface area contributed by atoms with Gasteiger partial charge in [0, 0.05) is 29.6 Å². The lowest BCUT2D eigenvalue weighted by molar-refractivity contribution is -0.115. The van der Waals surface area contributed by atoms with Crippen molar-refractivity contribution >= 4 is 22.2 Å². The molecular formula is C25H24FN3OS. The Hall–Kier alpha value is -3.01. The van der Waals surface area contributed by atoms with Gasteiger partial charge in [0.15, 0.2) is 0 Å². The molecule has 0 fully saturated rings. The third-order valence-electron chi connectivity index (χ3n) is 5.68. The van der Waals surface area contributed by atoms with E-state index in [9.17, 15) is 14.4 Å². The van der Waals surface area contributed by atoms with E-state index < -0.39 is 0 Å². The van der Waals surface area contributed by atoms with Crippen molar-refractivity contribution in [3.05, 3.63) is 87.0 Å². The number of amides is 1. The number of nitriles is 1. The number of thiophene rings is 1. The molecule has 1 atom stereocenters. The molecule has 3 aromatic rings. The summed E-state index contributed by atoms with van der Waals surface area (Å²) >= 11 is 1.50. The van der Waals surface area contributed by atoms with Crippen LogP contribution in [0.1, 0.15) is 39.6 Å². The largest absolute Gasteiger partial charge is 0.316 e. The minimum absolute atomic E-state index is 0.122. The van der Waals surface area contributed by atoms with Crippen LogP contribution in [0.2, 0.25) is 0 Å². The zero-order valence-electron chi connectivity index (χ0n) is 17.6. The Morgan fingerprint density at radius 1 is 1.26 bits per heavy atom. The quantitative estimate of drug-likeness (QED) is 0.602. The number of fused-ring (bicyclic) bond motifs is 1. The summed E-state index contributed by atoms with van der Waals surface area (Å²) in [5, 5.41) is 13.4. The van der Waals surface area contributed by atoms with Gasteiger partial charge in [-0.3, -0.25) is 9.69 Å². The van der Waals surface area contributed by atoms with E-state index in [2.05, 4.69) is 23.2 Å². The molecule has 4 rings (SSSR count). The van der Waals surface area contributed by atoms with Crippen molar-refractivity contribution in [2.75, 3.05) is 5.32 Å². The molecule has 1 unspecified atom stereocenters. The molecule has 1 aliphatic rings. The summed E-state index contributed by atoms with van der Waals surface area (Å²) in [6.07, 6.45) is 1.08. The molecule has 0 saturated heterocycles. The first kappa shape index (κ1) is 21.2. The standard InChI is InChI=1S/C25H24FN3OS/c1-16-6-8-18(9-7-16)12-24(30)28-25-21(13-27)22-15-29(17(2)10-23(22)31-25)14-19-4-3-5-20(26)11-19/h3-9,11,17H,10,12,14-15H2,1-2H3,(H,28,30). The number of hydrogen-bond donors (Lipinski definition) is 1. The van der Waals surface area contributed by atoms with Gasteiger partial charge in [-0.15, -0.1) is 11.3 Å². The van der Waals surface area contributed by atoms with Crippen LogP contribution in [0.4, 0.5) is 9.39 Å². The van der Waals surface area contributed by atoms with Gasteiger partial charge in [0.05, 0.1) is 12.0 Å². The second-order valence-corrected chi connectivity index (χ2v) is 9.22. The first-order chi connectivity index (χ1) is 14.9. The Balaban J connectivity index is 1.51. The Morgan fingerprint density at radius 2 is 2.03 bits per heavy atom. The number of nitrogens with one attached hydrogen (secondary N) is 1. The highest BCUT2D eigenvalue weighted by Crippen LogP contribution is 2.38. The highest BCUT2D eigenvalue weighted by Gasteiger charge is 2.29. The predicted octanol–water partition coefficient (Wildman–Crippen LogP) is 5.20. The molecule has 1 N–H and O–H groups in total. The summed E-state index contributed by atoms with van der Waals surface area (Å²) in [6, 6.07) is 17.1. The van der Waals surface area contributed by atoms with Gasteiger partial charge in [-0.2, -0.15) is 5.26 Å². The van der Waals surface area contributed by atoms with Gasteiger partial charge in [0.1, 0.15) is 16.9 Å². The van der Waals surface area contributed by atoms with E-state index in [4.69, 9.17) is 0 Å². The van der Waals surface area contributed by atoms with E-state index in [1.165, 1.54) is 17.4 Å². The predicted molar refractivity (Wildman–Crippen MR) is 121 cm³/mol. The second kappa shape index (κ2) is 9.01. The second-order valence-electron chi connectivity index (χ2n) is 8.12. The number of carbonyl (C=O) groups is 1. The van der Waals surface area contributed by atoms with E-state index >= 15 is 0 Å². The van der Waals surface area contributed by atoms with Crippen molar-refractivity contribution in [3.63, 3.8) is 0 Å². The highest BCUT2D eigenvalue weighted by molar-refractivity contribution is 7.16. The van der Waals surface area contributed by atoms with Crippen LogP contribution in [0.25, 0.3) is 0 Å². The minimum atomic E-state index is -0.241. The van der Waals surface area contributed by atoms with Gasteiger partial charge < -0.3 is 5.32 Å². The monoisotopic (exact) mass is 433 g/mol. The smallest absolute Gasteiger partial charge is 0.229 e. The molecule has 6 heteroatoms. The molecule has 158 valence electrons. The fourth-order valence-corrected chi connectivity index (χ4v) is 5.25. The van der Waals surface area contributed by atoms with Crippen molar-refractivity contribution < 1.29 is 9.18 Å². The normalized spacial score (nSPS) is 15.9. The number of benzene rings is 2. The maximum absolute atomic E-state index is 13.6. The number of aryl methyl sites for hydroxylation is 1. The number of rotatable bonds is 5. The summed E-state index contributed by atoms with van der Waals surface area (Å²) in [7, 11) is 0. The Morgan fingerprint density at radius 3 is 2.74 bits per heavy atom. The zero-order valence-corrected chi connectivity index (χ0v) is 18.4. The van der Waals surface area contributed by atoms with Gasteiger partial charge in [0.2, 0.25) is 5.91 Å². The molecule has 2 aromatic carbocycles. The van der Waals surface area contributed by atoms with Crippen molar-refractivity contribution in [2.45, 2.75) is 45.8 Å². The first-order valence-electron chi connectivity index (χ1n) is 10.3. The summed E-state index contributed by atoms with van der Waals surface area (Å²) in [5.74, 6) is -0.363. The molecule has 1 aliphatic heterocycles. The van der Waals surface area contributed by atoms with E-state index in [-0.39, 0.29) is 24.2 Å². The molecule has 0 aliphatic carbocycles. The first-order valence-corrected chi connectivity index (χ1v) is 11.1. The van der Waals surface area contributed by atoms with Crippen LogP contribution in [0.15, 0.2) is 48.5 Å². The SMILES string of the molecule is Cc1ccc(CC(=O)Nc2sc3c(c2C#N)CN(Cc2cccc(F)c2)C(C)C3)cc1. The van der Waals surface area contributed by atoms with E-state index in [1.807, 2.05) is 37.3 Å². The summed E-state index contributed by atoms with van der Waals surface area (Å²) in [5.41, 5.74) is 4.54. The molecule has 2 heterocycles. The van der Waals surface area contributed by atoms with Crippen LogP contribution in [-0.4, -0.2) is 16.8 Å². The van der Waals surface area contributed by atoms with Crippen LogP contribution < -0.4 is 5.32 Å². The maximum Gasteiger partial charge on any atom is 0.229 e. The molecule has 4 nitrogen and oxygen atoms in total. The summed E-state index contributed by atoms with van der Waals surface area (Å²) in [4.78, 5) is 16.0. The molecule has 0 saturated carbocycles. The Kier molecular flexibility index (Phi) is 6.17. The van der Waals surface area contributed by atoms with Gasteiger partial charge in [0.25, 0.3) is 0 Å². The molecule has 0 bridgehead atoms. The van der Waals surface area contributed by atoms with Gasteiger partial charge >= 0.3 is 0 Å². The van der Waals surface area contributed by atoms with E-state index in [0.29, 0.717) is 23.7 Å². The number of nitrogens with zero attached hydrogens (tertiary/aromatic N) is 2. The Labute approximate surface area is 185 Å². The van der Waals surface area contributed by atoms with E-state index in [1.54, 1.807) is 12.1 Å². The van der Waals surface area contributed by atoms with E-state index in [0.717, 1.165) is 33.6 Å². The summed E-state index contributed by atoms with van der Waals surface area (Å²) in [6.45, 7) is 5.38. The third kappa shape index (κ3) is 4.84. The fraction of sp³-hybridized carbons (Fsp3) is 0.280. The topological polar surface area (TPSA) is 56.1 Å². The number of halogens is 1. The Bertz CT molecular complexity index is 1150. The average Bonchev–Trinajstić information content (AvgIpc) is 3.05. The molecular weight excluding hydrogens is 409 g/mol.